The molecule has 0 saturated heterocycles. The number of carbonyl (C=O) groups excluding carboxylic acids is 2. The summed E-state index contributed by atoms with van der Waals surface area (Å²) < 4.78 is 5.90. The van der Waals surface area contributed by atoms with Crippen LogP contribution in [-0.2, 0) is 14.3 Å². The maximum atomic E-state index is 13.1. The fourth-order valence-electron chi connectivity index (χ4n) is 7.55. The molecule has 0 aliphatic carbocycles. The van der Waals surface area contributed by atoms with E-state index in [1.807, 2.05) is 0 Å². The largest absolute Gasteiger partial charge is 0.462 e. The number of carbonyl (C=O) groups is 2. The molecule has 0 radical (unpaired) electrons. The highest BCUT2D eigenvalue weighted by atomic mass is 16.5. The van der Waals surface area contributed by atoms with E-state index in [4.69, 9.17) is 4.74 Å². The Bertz CT molecular complexity index is 761. The van der Waals surface area contributed by atoms with Crippen molar-refractivity contribution < 1.29 is 24.5 Å². The van der Waals surface area contributed by atoms with E-state index in [0.29, 0.717) is 19.3 Å². The van der Waals surface area contributed by atoms with Crippen LogP contribution in [0, 0.1) is 0 Å². The van der Waals surface area contributed by atoms with Crippen molar-refractivity contribution in [2.45, 2.75) is 283 Å². The van der Waals surface area contributed by atoms with Crippen molar-refractivity contribution in [3.63, 3.8) is 0 Å². The van der Waals surface area contributed by atoms with E-state index in [9.17, 15) is 19.8 Å². The highest BCUT2D eigenvalue weighted by molar-refractivity contribution is 5.77. The zero-order chi connectivity index (χ0) is 38.9. The van der Waals surface area contributed by atoms with Gasteiger partial charge < -0.3 is 20.3 Å². The smallest absolute Gasteiger partial charge is 0.306 e. The standard InChI is InChI=1S/C47H93NO5/c1-4-7-10-13-16-19-22-24-27-30-33-36-39-45(50)44(42-49)48-46(51)41-43(38-35-32-29-26-21-18-15-12-9-6-3)53-47(52)40-37-34-31-28-25-23-20-17-14-11-8-5-2/h43-45,49-50H,4-42H2,1-3H3,(H,48,51). The molecule has 53 heavy (non-hydrogen) atoms. The third-order valence-electron chi connectivity index (χ3n) is 11.2. The Kier molecular flexibility index (Phi) is 41.1. The Labute approximate surface area is 330 Å². The first-order valence-corrected chi connectivity index (χ1v) is 23.8. The number of hydrogen-bond donors (Lipinski definition) is 3. The van der Waals surface area contributed by atoms with Gasteiger partial charge in [0.15, 0.2) is 0 Å². The van der Waals surface area contributed by atoms with Gasteiger partial charge in [-0.25, -0.2) is 0 Å². The molecule has 3 N–H and O–H groups in total. The molecule has 0 spiro atoms. The van der Waals surface area contributed by atoms with Crippen molar-refractivity contribution in [2.75, 3.05) is 6.61 Å². The normalized spacial score (nSPS) is 13.2. The molecule has 3 atom stereocenters. The number of ether oxygens (including phenoxy) is 1. The molecule has 1 amide bonds. The van der Waals surface area contributed by atoms with Crippen LogP contribution in [0.3, 0.4) is 0 Å². The second-order valence-electron chi connectivity index (χ2n) is 16.5. The lowest BCUT2D eigenvalue weighted by molar-refractivity contribution is -0.151. The van der Waals surface area contributed by atoms with Crippen molar-refractivity contribution in [1.82, 2.24) is 5.32 Å². The van der Waals surface area contributed by atoms with Gasteiger partial charge in [-0.15, -0.1) is 0 Å². The van der Waals surface area contributed by atoms with E-state index in [-0.39, 0.29) is 24.9 Å². The summed E-state index contributed by atoms with van der Waals surface area (Å²) in [6.45, 7) is 6.48. The monoisotopic (exact) mass is 752 g/mol. The summed E-state index contributed by atoms with van der Waals surface area (Å²) in [7, 11) is 0. The maximum Gasteiger partial charge on any atom is 0.306 e. The minimum absolute atomic E-state index is 0.0867. The van der Waals surface area contributed by atoms with Crippen molar-refractivity contribution >= 4 is 11.9 Å². The van der Waals surface area contributed by atoms with Crippen molar-refractivity contribution in [1.29, 1.82) is 0 Å². The number of amides is 1. The highest BCUT2D eigenvalue weighted by Gasteiger charge is 2.24. The average molecular weight is 752 g/mol. The van der Waals surface area contributed by atoms with E-state index in [1.165, 1.54) is 173 Å². The van der Waals surface area contributed by atoms with Gasteiger partial charge in [0, 0.05) is 6.42 Å². The van der Waals surface area contributed by atoms with Crippen molar-refractivity contribution in [2.24, 2.45) is 0 Å². The lowest BCUT2D eigenvalue weighted by Gasteiger charge is -2.24. The molecule has 0 aromatic carbocycles. The summed E-state index contributed by atoms with van der Waals surface area (Å²) in [5.74, 6) is -0.458. The summed E-state index contributed by atoms with van der Waals surface area (Å²) in [6, 6.07) is -0.690. The van der Waals surface area contributed by atoms with Crippen molar-refractivity contribution in [3.8, 4) is 0 Å². The highest BCUT2D eigenvalue weighted by Crippen LogP contribution is 2.18. The summed E-state index contributed by atoms with van der Waals surface area (Å²) in [5.41, 5.74) is 0. The van der Waals surface area contributed by atoms with Crippen LogP contribution in [0.4, 0.5) is 0 Å². The van der Waals surface area contributed by atoms with Crippen LogP contribution < -0.4 is 5.32 Å². The molecule has 0 aromatic heterocycles. The van der Waals surface area contributed by atoms with Gasteiger partial charge in [0.25, 0.3) is 0 Å². The Morgan fingerprint density at radius 3 is 1.15 bits per heavy atom. The molecular formula is C47H93NO5. The van der Waals surface area contributed by atoms with Crippen molar-refractivity contribution in [3.05, 3.63) is 0 Å². The minimum atomic E-state index is -0.777. The Balaban J connectivity index is 4.50. The molecule has 0 aliphatic rings. The first-order valence-electron chi connectivity index (χ1n) is 23.8. The number of aliphatic hydroxyl groups is 2. The van der Waals surface area contributed by atoms with Crippen LogP contribution in [0.15, 0.2) is 0 Å². The summed E-state index contributed by atoms with van der Waals surface area (Å²) >= 11 is 0. The Hall–Kier alpha value is -1.14. The number of hydrogen-bond acceptors (Lipinski definition) is 5. The molecule has 0 bridgehead atoms. The predicted octanol–water partition coefficient (Wildman–Crippen LogP) is 13.6. The van der Waals surface area contributed by atoms with E-state index in [1.54, 1.807) is 0 Å². The van der Waals surface area contributed by atoms with Gasteiger partial charge in [0.1, 0.15) is 6.10 Å². The molecule has 6 nitrogen and oxygen atoms in total. The predicted molar refractivity (Wildman–Crippen MR) is 227 cm³/mol. The summed E-state index contributed by atoms with van der Waals surface area (Å²) in [4.78, 5) is 26.0. The molecular weight excluding hydrogens is 659 g/mol. The number of aliphatic hydroxyl groups excluding tert-OH is 2. The van der Waals surface area contributed by atoms with Crippen LogP contribution in [0.25, 0.3) is 0 Å². The lowest BCUT2D eigenvalue weighted by Crippen LogP contribution is -2.46. The van der Waals surface area contributed by atoms with Gasteiger partial charge in [-0.3, -0.25) is 9.59 Å². The second-order valence-corrected chi connectivity index (χ2v) is 16.5. The minimum Gasteiger partial charge on any atom is -0.462 e. The van der Waals surface area contributed by atoms with Gasteiger partial charge >= 0.3 is 5.97 Å². The second kappa shape index (κ2) is 42.0. The third kappa shape index (κ3) is 37.6. The molecule has 0 rings (SSSR count). The summed E-state index contributed by atoms with van der Waals surface area (Å²) in [5, 5.41) is 23.7. The maximum absolute atomic E-state index is 13.1. The SMILES string of the molecule is CCCCCCCCCCCCCCC(=O)OC(CCCCCCCCCCCC)CC(=O)NC(CO)C(O)CCCCCCCCCCCCCC. The molecule has 6 heteroatoms. The van der Waals surface area contributed by atoms with Gasteiger partial charge in [-0.05, 0) is 25.7 Å². The van der Waals surface area contributed by atoms with E-state index >= 15 is 0 Å². The number of rotatable bonds is 43. The number of unbranched alkanes of at least 4 members (excludes halogenated alkanes) is 31. The molecule has 316 valence electrons. The van der Waals surface area contributed by atoms with E-state index < -0.39 is 18.2 Å². The van der Waals surface area contributed by atoms with E-state index in [2.05, 4.69) is 26.1 Å². The molecule has 0 aliphatic heterocycles. The van der Waals surface area contributed by atoms with Gasteiger partial charge in [-0.1, -0.05) is 226 Å². The first-order chi connectivity index (χ1) is 26.0. The summed E-state index contributed by atoms with van der Waals surface area (Å²) in [6.07, 6.45) is 43.0. The molecule has 0 aromatic rings. The third-order valence-corrected chi connectivity index (χ3v) is 11.2. The van der Waals surface area contributed by atoms with Crippen LogP contribution in [0.5, 0.6) is 0 Å². The van der Waals surface area contributed by atoms with Crippen LogP contribution in [0.1, 0.15) is 265 Å². The molecule has 0 fully saturated rings. The van der Waals surface area contributed by atoms with Gasteiger partial charge in [0.2, 0.25) is 5.91 Å². The molecule has 0 saturated carbocycles. The van der Waals surface area contributed by atoms with Gasteiger partial charge in [0.05, 0.1) is 25.2 Å². The topological polar surface area (TPSA) is 95.9 Å². The number of nitrogens with one attached hydrogen (secondary N) is 1. The Morgan fingerprint density at radius 2 is 0.792 bits per heavy atom. The van der Waals surface area contributed by atoms with Gasteiger partial charge in [-0.2, -0.15) is 0 Å². The molecule has 3 unspecified atom stereocenters. The number of esters is 1. The first kappa shape index (κ1) is 51.9. The Morgan fingerprint density at radius 1 is 0.472 bits per heavy atom. The quantitative estimate of drug-likeness (QED) is 0.0426. The van der Waals surface area contributed by atoms with E-state index in [0.717, 1.165) is 44.9 Å². The van der Waals surface area contributed by atoms with Crippen LogP contribution in [-0.4, -0.2) is 46.9 Å². The zero-order valence-corrected chi connectivity index (χ0v) is 35.9. The fraction of sp³-hybridized carbons (Fsp3) is 0.957. The average Bonchev–Trinajstić information content (AvgIpc) is 3.15. The molecule has 0 heterocycles. The lowest BCUT2D eigenvalue weighted by atomic mass is 10.0. The van der Waals surface area contributed by atoms with Crippen LogP contribution >= 0.6 is 0 Å². The fourth-order valence-corrected chi connectivity index (χ4v) is 7.55. The zero-order valence-electron chi connectivity index (χ0n) is 35.9. The van der Waals surface area contributed by atoms with Crippen LogP contribution in [0.2, 0.25) is 0 Å².